The average molecular weight is 459 g/mol. The third-order valence-corrected chi connectivity index (χ3v) is 6.35. The Morgan fingerprint density at radius 3 is 2.44 bits per heavy atom. The summed E-state index contributed by atoms with van der Waals surface area (Å²) in [6, 6.07) is 24.7. The van der Waals surface area contributed by atoms with Gasteiger partial charge in [0.1, 0.15) is 0 Å². The maximum absolute atomic E-state index is 12.1. The molecule has 0 spiro atoms. The van der Waals surface area contributed by atoms with Gasteiger partial charge in [0, 0.05) is 18.2 Å². The van der Waals surface area contributed by atoms with Crippen molar-refractivity contribution >= 4 is 11.7 Å². The molecule has 2 amide bonds. The van der Waals surface area contributed by atoms with Gasteiger partial charge in [0.05, 0.1) is 13.2 Å². The highest BCUT2D eigenvalue weighted by molar-refractivity contribution is 5.89. The molecule has 178 valence electrons. The molecule has 2 N–H and O–H groups in total. The molecule has 34 heavy (non-hydrogen) atoms. The number of ether oxygens (including phenoxy) is 2. The van der Waals surface area contributed by atoms with Gasteiger partial charge in [-0.25, -0.2) is 4.79 Å². The number of amides is 2. The Morgan fingerprint density at radius 1 is 0.941 bits per heavy atom. The molecule has 0 heterocycles. The van der Waals surface area contributed by atoms with Crippen molar-refractivity contribution in [2.75, 3.05) is 19.0 Å². The van der Waals surface area contributed by atoms with Crippen LogP contribution in [-0.2, 0) is 6.42 Å². The van der Waals surface area contributed by atoms with Crippen molar-refractivity contribution in [1.82, 2.24) is 5.32 Å². The maximum atomic E-state index is 12.1. The Balaban J connectivity index is 1.68. The molecule has 0 aromatic heterocycles. The molecule has 0 unspecified atom stereocenters. The summed E-state index contributed by atoms with van der Waals surface area (Å²) < 4.78 is 12.0. The van der Waals surface area contributed by atoms with Crippen molar-refractivity contribution < 1.29 is 14.3 Å². The zero-order valence-corrected chi connectivity index (χ0v) is 20.1. The Morgan fingerprint density at radius 2 is 1.71 bits per heavy atom. The van der Waals surface area contributed by atoms with E-state index in [1.165, 1.54) is 18.4 Å². The predicted octanol–water partition coefficient (Wildman–Crippen LogP) is 6.53. The Bertz CT molecular complexity index is 1080. The lowest BCUT2D eigenvalue weighted by Crippen LogP contribution is -2.28. The van der Waals surface area contributed by atoms with Crippen LogP contribution in [0.3, 0.4) is 0 Å². The van der Waals surface area contributed by atoms with Gasteiger partial charge in [-0.3, -0.25) is 0 Å². The summed E-state index contributed by atoms with van der Waals surface area (Å²) in [6.07, 6.45) is 5.70. The van der Waals surface area contributed by atoms with Crippen molar-refractivity contribution in [2.45, 2.75) is 51.0 Å². The third kappa shape index (κ3) is 6.10. The van der Waals surface area contributed by atoms with E-state index in [0.29, 0.717) is 6.54 Å². The molecule has 5 heteroatoms. The van der Waals surface area contributed by atoms with Crippen molar-refractivity contribution in [3.05, 3.63) is 89.5 Å². The first-order chi connectivity index (χ1) is 16.7. The van der Waals surface area contributed by atoms with E-state index in [4.69, 9.17) is 9.47 Å². The number of anilines is 1. The number of urea groups is 1. The predicted molar refractivity (Wildman–Crippen MR) is 137 cm³/mol. The Labute approximate surface area is 202 Å². The minimum Gasteiger partial charge on any atom is -0.493 e. The molecule has 3 aromatic carbocycles. The molecule has 0 bridgehead atoms. The molecule has 3 aromatic rings. The Hall–Kier alpha value is -3.47. The number of hydrogen-bond acceptors (Lipinski definition) is 3. The molecular weight excluding hydrogens is 424 g/mol. The number of benzene rings is 3. The average Bonchev–Trinajstić information content (AvgIpc) is 3.36. The number of nitrogens with one attached hydrogen (secondary N) is 2. The van der Waals surface area contributed by atoms with E-state index in [0.717, 1.165) is 47.6 Å². The summed E-state index contributed by atoms with van der Waals surface area (Å²) in [5.41, 5.74) is 4.32. The molecule has 1 saturated carbocycles. The molecule has 1 aliphatic rings. The highest BCUT2D eigenvalue weighted by Gasteiger charge is 2.22. The van der Waals surface area contributed by atoms with Crippen molar-refractivity contribution in [3.63, 3.8) is 0 Å². The second kappa shape index (κ2) is 11.6. The van der Waals surface area contributed by atoms with E-state index in [2.05, 4.69) is 59.2 Å². The summed E-state index contributed by atoms with van der Waals surface area (Å²) in [4.78, 5) is 12.1. The molecule has 0 aliphatic heterocycles. The third-order valence-electron chi connectivity index (χ3n) is 6.35. The fourth-order valence-corrected chi connectivity index (χ4v) is 4.63. The van der Waals surface area contributed by atoms with Gasteiger partial charge in [-0.05, 0) is 80.0 Å². The quantitative estimate of drug-likeness (QED) is 0.383. The van der Waals surface area contributed by atoms with Gasteiger partial charge in [0.15, 0.2) is 11.5 Å². The minimum absolute atomic E-state index is 0.0928. The lowest BCUT2D eigenvalue weighted by atomic mass is 9.85. The van der Waals surface area contributed by atoms with Crippen LogP contribution in [0, 0.1) is 0 Å². The van der Waals surface area contributed by atoms with E-state index in [-0.39, 0.29) is 18.1 Å². The number of hydrogen-bond donors (Lipinski definition) is 2. The number of methoxy groups -OCH3 is 1. The Kier molecular flexibility index (Phi) is 8.08. The summed E-state index contributed by atoms with van der Waals surface area (Å²) in [7, 11) is 1.69. The number of carbonyl (C=O) groups is 1. The standard InChI is InChI=1S/C29H34N2O3/c1-3-30-29(32)31-24-13-9-12-22(19-24)26(18-21-10-5-4-6-11-21)23-16-17-27(33-2)28(20-23)34-25-14-7-8-15-25/h4-6,9-13,16-17,19-20,25-26H,3,7-8,14-15,18H2,1-2H3,(H2,30,31,32)/t26-/m0/s1. The summed E-state index contributed by atoms with van der Waals surface area (Å²) in [5.74, 6) is 1.66. The van der Waals surface area contributed by atoms with Gasteiger partial charge in [0.2, 0.25) is 0 Å². The van der Waals surface area contributed by atoms with Gasteiger partial charge >= 0.3 is 6.03 Å². The van der Waals surface area contributed by atoms with Gasteiger partial charge in [-0.15, -0.1) is 0 Å². The molecule has 1 aliphatic carbocycles. The van der Waals surface area contributed by atoms with Crippen LogP contribution in [0.5, 0.6) is 11.5 Å². The molecule has 0 saturated heterocycles. The summed E-state index contributed by atoms with van der Waals surface area (Å²) >= 11 is 0. The van der Waals surface area contributed by atoms with Gasteiger partial charge in [0.25, 0.3) is 0 Å². The van der Waals surface area contributed by atoms with E-state index in [1.54, 1.807) is 7.11 Å². The minimum atomic E-state index is -0.198. The van der Waals surface area contributed by atoms with Gasteiger partial charge < -0.3 is 20.1 Å². The van der Waals surface area contributed by atoms with Crippen LogP contribution < -0.4 is 20.1 Å². The van der Waals surface area contributed by atoms with Crippen molar-refractivity contribution in [2.24, 2.45) is 0 Å². The molecule has 5 nitrogen and oxygen atoms in total. The zero-order chi connectivity index (χ0) is 23.8. The smallest absolute Gasteiger partial charge is 0.319 e. The van der Waals surface area contributed by atoms with Gasteiger partial charge in [-0.1, -0.05) is 48.5 Å². The van der Waals surface area contributed by atoms with Crippen LogP contribution in [0.15, 0.2) is 72.8 Å². The van der Waals surface area contributed by atoms with Gasteiger partial charge in [-0.2, -0.15) is 0 Å². The molecule has 0 radical (unpaired) electrons. The molecular formula is C29H34N2O3. The molecule has 4 rings (SSSR count). The first-order valence-corrected chi connectivity index (χ1v) is 12.2. The van der Waals surface area contributed by atoms with Crippen LogP contribution in [0.2, 0.25) is 0 Å². The second-order valence-corrected chi connectivity index (χ2v) is 8.79. The lowest BCUT2D eigenvalue weighted by Gasteiger charge is -2.22. The number of carbonyl (C=O) groups excluding carboxylic acids is 1. The van der Waals surface area contributed by atoms with E-state index < -0.39 is 0 Å². The second-order valence-electron chi connectivity index (χ2n) is 8.79. The van der Waals surface area contributed by atoms with Crippen molar-refractivity contribution in [1.29, 1.82) is 0 Å². The first kappa shape index (κ1) is 23.7. The highest BCUT2D eigenvalue weighted by atomic mass is 16.5. The van der Waals surface area contributed by atoms with E-state index in [1.807, 2.05) is 31.2 Å². The van der Waals surface area contributed by atoms with Crippen molar-refractivity contribution in [3.8, 4) is 11.5 Å². The maximum Gasteiger partial charge on any atom is 0.319 e. The lowest BCUT2D eigenvalue weighted by molar-refractivity contribution is 0.200. The SMILES string of the molecule is CCNC(=O)Nc1cccc([C@H](Cc2ccccc2)c2ccc(OC)c(OC3CCCC3)c2)c1. The van der Waals surface area contributed by atoms with Crippen LogP contribution in [-0.4, -0.2) is 25.8 Å². The van der Waals surface area contributed by atoms with E-state index >= 15 is 0 Å². The monoisotopic (exact) mass is 458 g/mol. The summed E-state index contributed by atoms with van der Waals surface area (Å²) in [6.45, 7) is 2.48. The zero-order valence-electron chi connectivity index (χ0n) is 20.1. The van der Waals surface area contributed by atoms with Crippen LogP contribution in [0.25, 0.3) is 0 Å². The van der Waals surface area contributed by atoms with E-state index in [9.17, 15) is 4.79 Å². The van der Waals surface area contributed by atoms with Crippen LogP contribution in [0.4, 0.5) is 10.5 Å². The molecule has 1 atom stereocenters. The largest absolute Gasteiger partial charge is 0.493 e. The van der Waals surface area contributed by atoms with Crippen LogP contribution in [0.1, 0.15) is 55.2 Å². The fraction of sp³-hybridized carbons (Fsp3) is 0.345. The topological polar surface area (TPSA) is 59.6 Å². The first-order valence-electron chi connectivity index (χ1n) is 12.2. The summed E-state index contributed by atoms with van der Waals surface area (Å²) in [5, 5.41) is 5.72. The highest BCUT2D eigenvalue weighted by Crippen LogP contribution is 2.37. The van der Waals surface area contributed by atoms with Crippen LogP contribution >= 0.6 is 0 Å². The number of rotatable bonds is 9. The normalized spacial score (nSPS) is 14.4. The molecule has 1 fully saturated rings. The fourth-order valence-electron chi connectivity index (χ4n) is 4.63.